The third-order valence-electron chi connectivity index (χ3n) is 2.89. The number of hydrogen-bond acceptors (Lipinski definition) is 2. The van der Waals surface area contributed by atoms with E-state index in [-0.39, 0.29) is 0 Å². The van der Waals surface area contributed by atoms with Crippen molar-refractivity contribution < 1.29 is 8.85 Å². The molecule has 4 heteroatoms. The summed E-state index contributed by atoms with van der Waals surface area (Å²) in [4.78, 5) is 0. The summed E-state index contributed by atoms with van der Waals surface area (Å²) in [5.41, 5.74) is 2.39. The molecule has 0 saturated carbocycles. The van der Waals surface area contributed by atoms with Crippen molar-refractivity contribution in [2.75, 3.05) is 0 Å². The molecule has 0 amide bonds. The Morgan fingerprint density at radius 2 is 0.773 bits per heavy atom. The summed E-state index contributed by atoms with van der Waals surface area (Å²) in [6.45, 7) is 13.2. The Morgan fingerprint density at radius 3 is 1.00 bits per heavy atom. The molecule has 2 aromatic rings. The van der Waals surface area contributed by atoms with Crippen LogP contribution in [0.5, 0.6) is 11.5 Å². The van der Waals surface area contributed by atoms with Crippen molar-refractivity contribution in [2.24, 2.45) is 0 Å². The first-order chi connectivity index (χ1) is 10.1. The zero-order valence-corrected chi connectivity index (χ0v) is 16.4. The van der Waals surface area contributed by atoms with E-state index in [4.69, 9.17) is 8.85 Å². The van der Waals surface area contributed by atoms with Crippen molar-refractivity contribution in [1.82, 2.24) is 0 Å². The van der Waals surface area contributed by atoms with E-state index in [9.17, 15) is 0 Å². The van der Waals surface area contributed by atoms with E-state index in [1.807, 2.05) is 0 Å². The van der Waals surface area contributed by atoms with Crippen LogP contribution in [0.3, 0.4) is 0 Å². The van der Waals surface area contributed by atoms with Gasteiger partial charge in [-0.3, -0.25) is 0 Å². The highest BCUT2D eigenvalue weighted by Crippen LogP contribution is 2.26. The van der Waals surface area contributed by atoms with Crippen LogP contribution in [-0.2, 0) is 0 Å². The third kappa shape index (κ3) is 5.35. The van der Waals surface area contributed by atoms with Crippen molar-refractivity contribution >= 4 is 16.6 Å². The molecular formula is C18H26O2Si2. The number of rotatable bonds is 5. The minimum Gasteiger partial charge on any atom is -0.544 e. The molecule has 0 aliphatic heterocycles. The summed E-state index contributed by atoms with van der Waals surface area (Å²) >= 11 is 0. The molecule has 0 bridgehead atoms. The molecule has 0 aliphatic rings. The van der Waals surface area contributed by atoms with E-state index < -0.39 is 16.6 Å². The second-order valence-corrected chi connectivity index (χ2v) is 16.3. The van der Waals surface area contributed by atoms with Gasteiger partial charge in [-0.05, 0) is 74.7 Å². The van der Waals surface area contributed by atoms with Gasteiger partial charge < -0.3 is 8.85 Å². The van der Waals surface area contributed by atoms with E-state index in [0.717, 1.165) is 11.5 Å². The van der Waals surface area contributed by atoms with E-state index in [1.54, 1.807) is 0 Å². The fraction of sp³-hybridized carbons (Fsp3) is 0.333. The molecule has 0 aromatic heterocycles. The van der Waals surface area contributed by atoms with Crippen LogP contribution in [0.4, 0.5) is 0 Å². The lowest BCUT2D eigenvalue weighted by molar-refractivity contribution is 0.557. The molecule has 0 saturated heterocycles. The monoisotopic (exact) mass is 330 g/mol. The Hall–Kier alpha value is -1.53. The first kappa shape index (κ1) is 16.8. The maximum Gasteiger partial charge on any atom is 0.242 e. The van der Waals surface area contributed by atoms with Gasteiger partial charge in [-0.2, -0.15) is 0 Å². The second kappa shape index (κ2) is 6.30. The molecule has 0 heterocycles. The Kier molecular flexibility index (Phi) is 4.82. The summed E-state index contributed by atoms with van der Waals surface area (Å²) in [7, 11) is -3.08. The van der Waals surface area contributed by atoms with Gasteiger partial charge in [0.2, 0.25) is 16.6 Å². The van der Waals surface area contributed by atoms with Crippen LogP contribution in [0.2, 0.25) is 39.3 Å². The zero-order valence-electron chi connectivity index (χ0n) is 14.4. The molecule has 0 N–H and O–H groups in total. The quantitative estimate of drug-likeness (QED) is 0.647. The topological polar surface area (TPSA) is 18.5 Å². The summed E-state index contributed by atoms with van der Waals surface area (Å²) < 4.78 is 12.0. The molecule has 0 radical (unpaired) electrons. The average molecular weight is 331 g/mol. The van der Waals surface area contributed by atoms with E-state index in [1.165, 1.54) is 11.1 Å². The summed E-state index contributed by atoms with van der Waals surface area (Å²) in [5, 5.41) is 0. The van der Waals surface area contributed by atoms with Crippen LogP contribution < -0.4 is 8.85 Å². The minimum atomic E-state index is -1.54. The number of hydrogen-bond donors (Lipinski definition) is 0. The van der Waals surface area contributed by atoms with Gasteiger partial charge in [0.15, 0.2) is 0 Å². The van der Waals surface area contributed by atoms with E-state index in [0.29, 0.717) is 0 Å². The highest BCUT2D eigenvalue weighted by Gasteiger charge is 2.17. The van der Waals surface area contributed by atoms with Gasteiger partial charge in [0, 0.05) is 0 Å². The average Bonchev–Trinajstić information content (AvgIpc) is 2.37. The van der Waals surface area contributed by atoms with Gasteiger partial charge >= 0.3 is 0 Å². The molecule has 22 heavy (non-hydrogen) atoms. The van der Waals surface area contributed by atoms with E-state index in [2.05, 4.69) is 87.8 Å². The lowest BCUT2D eigenvalue weighted by Gasteiger charge is -2.20. The highest BCUT2D eigenvalue weighted by molar-refractivity contribution is 6.70. The van der Waals surface area contributed by atoms with Crippen molar-refractivity contribution in [3.63, 3.8) is 0 Å². The molecule has 118 valence electrons. The molecule has 0 atom stereocenters. The van der Waals surface area contributed by atoms with Gasteiger partial charge in [-0.1, -0.05) is 24.3 Å². The van der Waals surface area contributed by atoms with Crippen LogP contribution >= 0.6 is 0 Å². The first-order valence-electron chi connectivity index (χ1n) is 7.71. The highest BCUT2D eigenvalue weighted by atomic mass is 28.4. The van der Waals surface area contributed by atoms with Gasteiger partial charge in [0.05, 0.1) is 0 Å². The molecular weight excluding hydrogens is 304 g/mol. The third-order valence-corrected chi connectivity index (χ3v) is 4.59. The standard InChI is InChI=1S/C18H26O2Si2/c1-21(2,3)19-17-11-7-15(8-12-17)16-9-13-18(14-10-16)20-22(4,5)6/h7-14H,1-6H3. The molecule has 0 unspecified atom stereocenters. The Bertz CT molecular complexity index is 548. The minimum absolute atomic E-state index is 0.960. The SMILES string of the molecule is C[Si](C)(C)Oc1ccc(-c2ccc(O[Si](C)(C)C)cc2)cc1. The summed E-state index contributed by atoms with van der Waals surface area (Å²) in [6.07, 6.45) is 0. The normalized spacial score (nSPS) is 12.1. The van der Waals surface area contributed by atoms with Crippen molar-refractivity contribution in [1.29, 1.82) is 0 Å². The zero-order chi connectivity index (χ0) is 16.4. The lowest BCUT2D eigenvalue weighted by Crippen LogP contribution is -2.29. The number of benzene rings is 2. The molecule has 0 aliphatic carbocycles. The van der Waals surface area contributed by atoms with Crippen LogP contribution in [0.25, 0.3) is 11.1 Å². The van der Waals surface area contributed by atoms with E-state index >= 15 is 0 Å². The summed E-state index contributed by atoms with van der Waals surface area (Å²) in [5.74, 6) is 1.92. The van der Waals surface area contributed by atoms with Gasteiger partial charge in [0.1, 0.15) is 11.5 Å². The van der Waals surface area contributed by atoms with Crippen LogP contribution in [0.15, 0.2) is 48.5 Å². The fourth-order valence-electron chi connectivity index (χ4n) is 2.14. The maximum absolute atomic E-state index is 5.99. The van der Waals surface area contributed by atoms with Gasteiger partial charge in [-0.25, -0.2) is 0 Å². The first-order valence-corrected chi connectivity index (χ1v) is 14.5. The van der Waals surface area contributed by atoms with Crippen molar-refractivity contribution in [3.05, 3.63) is 48.5 Å². The van der Waals surface area contributed by atoms with Gasteiger partial charge in [-0.15, -0.1) is 0 Å². The molecule has 2 nitrogen and oxygen atoms in total. The Morgan fingerprint density at radius 1 is 0.500 bits per heavy atom. The molecule has 0 spiro atoms. The molecule has 2 aromatic carbocycles. The van der Waals surface area contributed by atoms with Gasteiger partial charge in [0.25, 0.3) is 0 Å². The fourth-order valence-corrected chi connectivity index (χ4v) is 3.82. The summed E-state index contributed by atoms with van der Waals surface area (Å²) in [6, 6.07) is 16.7. The predicted octanol–water partition coefficient (Wildman–Crippen LogP) is 5.78. The lowest BCUT2D eigenvalue weighted by atomic mass is 10.1. The maximum atomic E-state index is 5.99. The Labute approximate surface area is 136 Å². The predicted molar refractivity (Wildman–Crippen MR) is 99.8 cm³/mol. The van der Waals surface area contributed by atoms with Crippen LogP contribution in [-0.4, -0.2) is 16.6 Å². The molecule has 0 fully saturated rings. The molecule has 2 rings (SSSR count). The smallest absolute Gasteiger partial charge is 0.242 e. The van der Waals surface area contributed by atoms with Crippen LogP contribution in [0.1, 0.15) is 0 Å². The van der Waals surface area contributed by atoms with Crippen LogP contribution in [0, 0.1) is 0 Å². The Balaban J connectivity index is 2.12. The van der Waals surface area contributed by atoms with Crippen molar-refractivity contribution in [3.8, 4) is 22.6 Å². The second-order valence-electron chi connectivity index (χ2n) is 7.48. The van der Waals surface area contributed by atoms with Crippen molar-refractivity contribution in [2.45, 2.75) is 39.3 Å². The largest absolute Gasteiger partial charge is 0.544 e.